The second kappa shape index (κ2) is 8.83. The molecule has 0 saturated heterocycles. The number of carboxylic acids is 1. The van der Waals surface area contributed by atoms with Crippen LogP contribution < -0.4 is 10.5 Å². The maximum Gasteiger partial charge on any atom is 0.328 e. The van der Waals surface area contributed by atoms with Gasteiger partial charge in [-0.05, 0) is 19.4 Å². The standard InChI is InChI=1S/C8H17N3O2S/c1-2-14-11-6-10-7(8(12)13)4-3-5-9/h6-7H,2-5,9H2,1H3,(H,10,11)(H,12,13)/t7-/m0/s1. The molecule has 0 saturated carbocycles. The van der Waals surface area contributed by atoms with E-state index in [1.807, 2.05) is 6.92 Å². The molecule has 1 atom stereocenters. The minimum Gasteiger partial charge on any atom is -0.480 e. The van der Waals surface area contributed by atoms with E-state index in [1.54, 1.807) is 0 Å². The van der Waals surface area contributed by atoms with Gasteiger partial charge in [-0.2, -0.15) is 0 Å². The minimum absolute atomic E-state index is 0.487. The first-order valence-corrected chi connectivity index (χ1v) is 5.52. The Morgan fingerprint density at radius 2 is 2.50 bits per heavy atom. The summed E-state index contributed by atoms with van der Waals surface area (Å²) < 4.78 is 2.83. The molecule has 82 valence electrons. The third-order valence-electron chi connectivity index (χ3n) is 1.50. The molecule has 14 heavy (non-hydrogen) atoms. The number of carboxylic acid groups (broad SMARTS) is 1. The first-order chi connectivity index (χ1) is 6.72. The third kappa shape index (κ3) is 6.73. The van der Waals surface area contributed by atoms with Crippen molar-refractivity contribution in [2.45, 2.75) is 25.8 Å². The van der Waals surface area contributed by atoms with Crippen LogP contribution in [0.2, 0.25) is 0 Å². The van der Waals surface area contributed by atoms with Gasteiger partial charge in [0.05, 0.1) is 6.34 Å². The Balaban J connectivity index is 3.83. The Kier molecular flexibility index (Phi) is 8.36. The molecule has 5 nitrogen and oxygen atoms in total. The average molecular weight is 219 g/mol. The van der Waals surface area contributed by atoms with Crippen molar-refractivity contribution in [3.05, 3.63) is 0 Å². The van der Waals surface area contributed by atoms with Crippen LogP contribution in [0.5, 0.6) is 0 Å². The predicted octanol–water partition coefficient (Wildman–Crippen LogP) is 0.464. The first-order valence-electron chi connectivity index (χ1n) is 4.54. The highest BCUT2D eigenvalue weighted by Crippen LogP contribution is 2.01. The Labute approximate surface area is 88.3 Å². The fraction of sp³-hybridized carbons (Fsp3) is 0.750. The highest BCUT2D eigenvalue weighted by molar-refractivity contribution is 7.97. The van der Waals surface area contributed by atoms with Crippen LogP contribution in [0, 0.1) is 0 Å². The molecule has 0 radical (unpaired) electrons. The molecule has 4 N–H and O–H groups in total. The van der Waals surface area contributed by atoms with Crippen LogP contribution in [0.4, 0.5) is 0 Å². The highest BCUT2D eigenvalue weighted by atomic mass is 32.2. The van der Waals surface area contributed by atoms with E-state index in [4.69, 9.17) is 10.8 Å². The van der Waals surface area contributed by atoms with Crippen molar-refractivity contribution in [1.82, 2.24) is 4.72 Å². The van der Waals surface area contributed by atoms with Gasteiger partial charge in [-0.1, -0.05) is 18.9 Å². The predicted molar refractivity (Wildman–Crippen MR) is 59.5 cm³/mol. The number of aliphatic imine (C=N–C) groups is 1. The number of aliphatic carboxylic acids is 1. The van der Waals surface area contributed by atoms with Gasteiger partial charge >= 0.3 is 5.97 Å². The van der Waals surface area contributed by atoms with E-state index in [0.29, 0.717) is 19.4 Å². The quantitative estimate of drug-likeness (QED) is 0.239. The first kappa shape index (κ1) is 13.2. The molecule has 0 aliphatic carbocycles. The summed E-state index contributed by atoms with van der Waals surface area (Å²) in [6.45, 7) is 2.49. The lowest BCUT2D eigenvalue weighted by Crippen LogP contribution is -2.20. The summed E-state index contributed by atoms with van der Waals surface area (Å²) in [5, 5.41) is 8.77. The van der Waals surface area contributed by atoms with Gasteiger partial charge in [0.25, 0.3) is 0 Å². The SMILES string of the molecule is CCSNC=N[C@@H](CCCN)C(=O)O. The van der Waals surface area contributed by atoms with Crippen molar-refractivity contribution in [1.29, 1.82) is 0 Å². The summed E-state index contributed by atoms with van der Waals surface area (Å²) in [7, 11) is 0. The van der Waals surface area contributed by atoms with Gasteiger partial charge in [-0.15, -0.1) is 0 Å². The maximum atomic E-state index is 10.7. The van der Waals surface area contributed by atoms with Crippen molar-refractivity contribution in [2.75, 3.05) is 12.3 Å². The van der Waals surface area contributed by atoms with E-state index in [0.717, 1.165) is 5.75 Å². The van der Waals surface area contributed by atoms with E-state index >= 15 is 0 Å². The van der Waals surface area contributed by atoms with E-state index in [1.165, 1.54) is 18.3 Å². The van der Waals surface area contributed by atoms with Crippen molar-refractivity contribution in [2.24, 2.45) is 10.7 Å². The molecule has 0 aromatic carbocycles. The lowest BCUT2D eigenvalue weighted by Gasteiger charge is -2.05. The fourth-order valence-corrected chi connectivity index (χ4v) is 1.12. The molecule has 0 aromatic heterocycles. The molecule has 0 spiro atoms. The summed E-state index contributed by atoms with van der Waals surface area (Å²) >= 11 is 1.47. The number of hydrogen-bond acceptors (Lipinski definition) is 4. The summed E-state index contributed by atoms with van der Waals surface area (Å²) in [6.07, 6.45) is 2.60. The summed E-state index contributed by atoms with van der Waals surface area (Å²) in [5.41, 5.74) is 5.29. The van der Waals surface area contributed by atoms with E-state index in [2.05, 4.69) is 9.71 Å². The molecule has 0 aliphatic heterocycles. The van der Waals surface area contributed by atoms with Gasteiger partial charge in [-0.3, -0.25) is 4.99 Å². The highest BCUT2D eigenvalue weighted by Gasteiger charge is 2.13. The number of nitrogens with one attached hydrogen (secondary N) is 1. The van der Waals surface area contributed by atoms with Crippen LogP contribution in [0.25, 0.3) is 0 Å². The largest absolute Gasteiger partial charge is 0.480 e. The third-order valence-corrected chi connectivity index (χ3v) is 2.06. The Morgan fingerprint density at radius 3 is 3.00 bits per heavy atom. The Morgan fingerprint density at radius 1 is 1.79 bits per heavy atom. The van der Waals surface area contributed by atoms with Crippen LogP contribution in [-0.2, 0) is 4.79 Å². The summed E-state index contributed by atoms with van der Waals surface area (Å²) in [5.74, 6) is 0.00465. The summed E-state index contributed by atoms with van der Waals surface area (Å²) in [4.78, 5) is 14.6. The normalized spacial score (nSPS) is 13.0. The molecule has 0 aliphatic rings. The zero-order valence-corrected chi connectivity index (χ0v) is 9.09. The molecule has 0 bridgehead atoms. The smallest absolute Gasteiger partial charge is 0.328 e. The van der Waals surface area contributed by atoms with E-state index < -0.39 is 12.0 Å². The van der Waals surface area contributed by atoms with Crippen molar-refractivity contribution >= 4 is 24.3 Å². The minimum atomic E-state index is -0.905. The van der Waals surface area contributed by atoms with Crippen LogP contribution in [0.1, 0.15) is 19.8 Å². The molecular weight excluding hydrogens is 202 g/mol. The number of carbonyl (C=O) groups is 1. The fourth-order valence-electron chi connectivity index (χ4n) is 0.814. The van der Waals surface area contributed by atoms with Gasteiger partial charge in [0.1, 0.15) is 6.04 Å². The van der Waals surface area contributed by atoms with Crippen molar-refractivity contribution in [3.63, 3.8) is 0 Å². The topological polar surface area (TPSA) is 87.7 Å². The van der Waals surface area contributed by atoms with Crippen LogP contribution >= 0.6 is 11.9 Å². The van der Waals surface area contributed by atoms with Crippen LogP contribution in [0.15, 0.2) is 4.99 Å². The zero-order valence-electron chi connectivity index (χ0n) is 8.27. The average Bonchev–Trinajstić information content (AvgIpc) is 2.16. The molecule has 0 unspecified atom stereocenters. The second-order valence-electron chi connectivity index (χ2n) is 2.61. The lowest BCUT2D eigenvalue weighted by molar-refractivity contribution is -0.138. The molecule has 0 aromatic rings. The lowest BCUT2D eigenvalue weighted by atomic mass is 10.2. The molecule has 0 amide bonds. The van der Waals surface area contributed by atoms with Gasteiger partial charge in [-0.25, -0.2) is 4.79 Å². The van der Waals surface area contributed by atoms with Crippen molar-refractivity contribution in [3.8, 4) is 0 Å². The van der Waals surface area contributed by atoms with Crippen LogP contribution in [0.3, 0.4) is 0 Å². The van der Waals surface area contributed by atoms with Crippen molar-refractivity contribution < 1.29 is 9.90 Å². The van der Waals surface area contributed by atoms with Gasteiger partial charge in [0, 0.05) is 5.75 Å². The van der Waals surface area contributed by atoms with Gasteiger partial charge in [0.2, 0.25) is 0 Å². The molecule has 0 heterocycles. The number of nitrogens with two attached hydrogens (primary N) is 1. The summed E-state index contributed by atoms with van der Waals surface area (Å²) in [6, 6.07) is -0.677. The molecule has 0 fully saturated rings. The van der Waals surface area contributed by atoms with Gasteiger partial charge in [0.15, 0.2) is 0 Å². The number of rotatable bonds is 8. The van der Waals surface area contributed by atoms with Gasteiger partial charge < -0.3 is 15.6 Å². The maximum absolute atomic E-state index is 10.7. The Hall–Kier alpha value is -0.750. The monoisotopic (exact) mass is 219 g/mol. The molecule has 0 rings (SSSR count). The van der Waals surface area contributed by atoms with E-state index in [9.17, 15) is 4.79 Å². The number of hydrogen-bond donors (Lipinski definition) is 3. The molecular formula is C8H17N3O2S. The number of nitrogens with zero attached hydrogens (tertiary/aromatic N) is 1. The van der Waals surface area contributed by atoms with E-state index in [-0.39, 0.29) is 0 Å². The molecule has 6 heteroatoms. The Bertz CT molecular complexity index is 187. The second-order valence-corrected chi connectivity index (χ2v) is 3.72. The zero-order chi connectivity index (χ0) is 10.8. The van der Waals surface area contributed by atoms with Crippen LogP contribution in [-0.4, -0.2) is 35.8 Å².